The van der Waals surface area contributed by atoms with Crippen molar-refractivity contribution in [3.05, 3.63) is 59.9 Å². The van der Waals surface area contributed by atoms with E-state index in [1.165, 1.54) is 36.4 Å². The predicted molar refractivity (Wildman–Crippen MR) is 149 cm³/mol. The van der Waals surface area contributed by atoms with Crippen molar-refractivity contribution in [2.75, 3.05) is 17.2 Å². The number of hydrogen-bond acceptors (Lipinski definition) is 8. The van der Waals surface area contributed by atoms with E-state index in [1.807, 2.05) is 20.8 Å². The molecule has 2 atom stereocenters. The summed E-state index contributed by atoms with van der Waals surface area (Å²) in [5.74, 6) is -0.321. The summed E-state index contributed by atoms with van der Waals surface area (Å²) in [7, 11) is -4.29. The topological polar surface area (TPSA) is 128 Å². The summed E-state index contributed by atoms with van der Waals surface area (Å²) >= 11 is 0. The van der Waals surface area contributed by atoms with Gasteiger partial charge in [0.05, 0.1) is 17.9 Å². The number of halogens is 1. The third-order valence-electron chi connectivity index (χ3n) is 6.62. The minimum atomic E-state index is -4.29. The Morgan fingerprint density at radius 1 is 1.18 bits per heavy atom. The molecule has 1 aliphatic rings. The fourth-order valence-electron chi connectivity index (χ4n) is 4.70. The normalized spacial score (nSPS) is 17.4. The van der Waals surface area contributed by atoms with Crippen molar-refractivity contribution in [3.63, 3.8) is 0 Å². The second-order valence-corrected chi connectivity index (χ2v) is 11.8. The zero-order valence-corrected chi connectivity index (χ0v) is 23.3. The minimum Gasteiger partial charge on any atom is -0.493 e. The molecule has 3 aromatic rings. The Morgan fingerprint density at radius 3 is 2.64 bits per heavy atom. The maximum absolute atomic E-state index is 14.5. The van der Waals surface area contributed by atoms with Crippen molar-refractivity contribution in [2.45, 2.75) is 64.1 Å². The monoisotopic (exact) mass is 555 g/mol. The third kappa shape index (κ3) is 6.47. The second-order valence-electron chi connectivity index (χ2n) is 10.2. The van der Waals surface area contributed by atoms with Crippen LogP contribution in [0.1, 0.15) is 57.3 Å². The molecule has 0 saturated carbocycles. The molecule has 3 heterocycles. The first-order valence-electron chi connectivity index (χ1n) is 13.0. The van der Waals surface area contributed by atoms with Gasteiger partial charge in [-0.15, -0.1) is 0 Å². The molecule has 1 aliphatic heterocycles. The van der Waals surface area contributed by atoms with Crippen molar-refractivity contribution in [1.29, 1.82) is 0 Å². The predicted octanol–water partition coefficient (Wildman–Crippen LogP) is 4.79. The third-order valence-corrected chi connectivity index (χ3v) is 7.85. The van der Waals surface area contributed by atoms with Gasteiger partial charge in [0.25, 0.3) is 15.9 Å². The molecule has 1 amide bonds. The van der Waals surface area contributed by atoms with Crippen LogP contribution in [0.4, 0.5) is 16.0 Å². The summed E-state index contributed by atoms with van der Waals surface area (Å²) in [4.78, 5) is 24.1. The van der Waals surface area contributed by atoms with Crippen molar-refractivity contribution in [3.8, 4) is 17.0 Å². The number of pyridine rings is 2. The van der Waals surface area contributed by atoms with Gasteiger partial charge in [-0.05, 0) is 68.5 Å². The van der Waals surface area contributed by atoms with E-state index in [9.17, 15) is 17.6 Å². The number of nitrogens with two attached hydrogens (primary N) is 1. The highest BCUT2D eigenvalue weighted by atomic mass is 32.2. The Morgan fingerprint density at radius 2 is 1.95 bits per heavy atom. The number of nitrogen functional groups attached to an aromatic ring is 1. The molecular weight excluding hydrogens is 521 g/mol. The average Bonchev–Trinajstić information content (AvgIpc) is 3.26. The van der Waals surface area contributed by atoms with Crippen molar-refractivity contribution in [2.24, 2.45) is 5.92 Å². The summed E-state index contributed by atoms with van der Waals surface area (Å²) in [6, 6.07) is 11.8. The van der Waals surface area contributed by atoms with E-state index in [4.69, 9.17) is 15.5 Å². The van der Waals surface area contributed by atoms with Crippen LogP contribution < -0.4 is 20.1 Å². The van der Waals surface area contributed by atoms with E-state index >= 15 is 0 Å². The molecule has 11 heteroatoms. The van der Waals surface area contributed by atoms with Gasteiger partial charge in [-0.3, -0.25) is 4.79 Å². The Labute approximate surface area is 228 Å². The van der Waals surface area contributed by atoms with Gasteiger partial charge in [-0.1, -0.05) is 26.8 Å². The van der Waals surface area contributed by atoms with E-state index in [0.717, 1.165) is 19.3 Å². The molecule has 9 nitrogen and oxygen atoms in total. The molecular formula is C28H34FN5O4S. The second kappa shape index (κ2) is 11.6. The Bertz CT molecular complexity index is 1460. The van der Waals surface area contributed by atoms with Gasteiger partial charge in [0.1, 0.15) is 23.2 Å². The van der Waals surface area contributed by atoms with E-state index in [1.54, 1.807) is 12.1 Å². The van der Waals surface area contributed by atoms with Crippen LogP contribution in [0.25, 0.3) is 11.3 Å². The van der Waals surface area contributed by atoms with E-state index < -0.39 is 21.7 Å². The number of nitrogens with zero attached hydrogens (tertiary/aromatic N) is 3. The maximum atomic E-state index is 14.5. The van der Waals surface area contributed by atoms with Gasteiger partial charge in [0.15, 0.2) is 5.03 Å². The summed E-state index contributed by atoms with van der Waals surface area (Å²) in [5.41, 5.74) is 6.64. The molecule has 4 rings (SSSR count). The highest BCUT2D eigenvalue weighted by molar-refractivity contribution is 7.90. The van der Waals surface area contributed by atoms with Crippen molar-refractivity contribution in [1.82, 2.24) is 14.7 Å². The van der Waals surface area contributed by atoms with E-state index in [0.29, 0.717) is 29.4 Å². The number of aromatic nitrogens is 2. The fraction of sp³-hybridized carbons (Fsp3) is 0.393. The molecule has 1 fully saturated rings. The molecule has 2 aromatic heterocycles. The number of amides is 1. The number of ether oxygens (including phenoxy) is 1. The zero-order valence-electron chi connectivity index (χ0n) is 22.5. The van der Waals surface area contributed by atoms with Crippen LogP contribution in [-0.2, 0) is 10.0 Å². The van der Waals surface area contributed by atoms with Crippen LogP contribution in [0, 0.1) is 11.7 Å². The molecule has 0 aliphatic carbocycles. The first-order valence-corrected chi connectivity index (χ1v) is 14.5. The Kier molecular flexibility index (Phi) is 8.39. The molecule has 208 valence electrons. The van der Waals surface area contributed by atoms with Crippen molar-refractivity contribution >= 4 is 27.6 Å². The van der Waals surface area contributed by atoms with E-state index in [2.05, 4.69) is 21.5 Å². The number of hydrogen-bond donors (Lipinski definition) is 2. The lowest BCUT2D eigenvalue weighted by atomic mass is 10.1. The lowest BCUT2D eigenvalue weighted by molar-refractivity contribution is 0.0981. The van der Waals surface area contributed by atoms with Gasteiger partial charge in [-0.25, -0.2) is 19.1 Å². The minimum absolute atomic E-state index is 0.0144. The lowest BCUT2D eigenvalue weighted by Gasteiger charge is -2.31. The van der Waals surface area contributed by atoms with Crippen LogP contribution in [0.2, 0.25) is 0 Å². The van der Waals surface area contributed by atoms with Gasteiger partial charge in [-0.2, -0.15) is 8.42 Å². The van der Waals surface area contributed by atoms with Gasteiger partial charge < -0.3 is 15.4 Å². The van der Waals surface area contributed by atoms with Gasteiger partial charge in [0, 0.05) is 23.7 Å². The molecule has 2 unspecified atom stereocenters. The van der Waals surface area contributed by atoms with Crippen LogP contribution in [0.15, 0.2) is 53.6 Å². The first kappa shape index (κ1) is 28.3. The molecule has 39 heavy (non-hydrogen) atoms. The Hall–Kier alpha value is -3.73. The molecule has 3 N–H and O–H groups in total. The van der Waals surface area contributed by atoms with Crippen LogP contribution >= 0.6 is 0 Å². The number of carbonyl (C=O) groups is 1. The number of rotatable bonds is 9. The molecule has 0 radical (unpaired) electrons. The summed E-state index contributed by atoms with van der Waals surface area (Å²) in [5, 5.41) is -0.364. The maximum Gasteiger partial charge on any atom is 0.281 e. The first-order chi connectivity index (χ1) is 18.5. The van der Waals surface area contributed by atoms with Crippen LogP contribution in [0.3, 0.4) is 0 Å². The molecule has 0 bridgehead atoms. The highest BCUT2D eigenvalue weighted by Gasteiger charge is 2.34. The quantitative estimate of drug-likeness (QED) is 0.386. The van der Waals surface area contributed by atoms with E-state index in [-0.39, 0.29) is 34.4 Å². The molecule has 1 aromatic carbocycles. The number of anilines is 2. The van der Waals surface area contributed by atoms with Crippen LogP contribution in [0.5, 0.6) is 5.75 Å². The summed E-state index contributed by atoms with van der Waals surface area (Å²) in [6.45, 7) is 8.53. The molecule has 1 saturated heterocycles. The lowest BCUT2D eigenvalue weighted by Crippen LogP contribution is -2.38. The standard InChI is InChI=1S/C28H34FN5O4S/c1-5-21-10-9-18(4)34(21)27-23(28(35)33-39(36,37)26-8-6-7-25(30)32-26)11-12-24(31-27)19-13-20(29)15-22(14-19)38-16-17(2)3/h6-8,11-15,17-18,21H,5,9-10,16H2,1-4H3,(H2,30,32)(H,33,35). The number of carbonyl (C=O) groups excluding carboxylic acids is 1. The largest absolute Gasteiger partial charge is 0.493 e. The summed E-state index contributed by atoms with van der Waals surface area (Å²) < 4.78 is 48.2. The van der Waals surface area contributed by atoms with Crippen LogP contribution in [-0.4, -0.2) is 43.0 Å². The van der Waals surface area contributed by atoms with Gasteiger partial charge in [0.2, 0.25) is 0 Å². The average molecular weight is 556 g/mol. The SMILES string of the molecule is CCC1CCC(C)N1c1nc(-c2cc(F)cc(OCC(C)C)c2)ccc1C(=O)NS(=O)(=O)c1cccc(N)n1. The number of sulfonamides is 1. The number of benzene rings is 1. The number of nitrogens with one attached hydrogen (secondary N) is 1. The Balaban J connectivity index is 1.76. The zero-order chi connectivity index (χ0) is 28.3. The highest BCUT2D eigenvalue weighted by Crippen LogP contribution is 2.35. The van der Waals surface area contributed by atoms with Crippen molar-refractivity contribution < 1.29 is 22.3 Å². The smallest absolute Gasteiger partial charge is 0.281 e. The van der Waals surface area contributed by atoms with Gasteiger partial charge >= 0.3 is 0 Å². The summed E-state index contributed by atoms with van der Waals surface area (Å²) in [6.07, 6.45) is 2.61. The molecule has 0 spiro atoms. The fourth-order valence-corrected chi connectivity index (χ4v) is 5.65.